The van der Waals surface area contributed by atoms with Gasteiger partial charge in [-0.1, -0.05) is 0 Å². The Morgan fingerprint density at radius 3 is 2.69 bits per heavy atom. The van der Waals surface area contributed by atoms with E-state index in [1.807, 2.05) is 0 Å². The second-order valence-corrected chi connectivity index (χ2v) is 5.05. The predicted molar refractivity (Wildman–Crippen MR) is 49.7 cm³/mol. The van der Waals surface area contributed by atoms with E-state index >= 15 is 0 Å². The molecule has 13 heavy (non-hydrogen) atoms. The third-order valence-electron chi connectivity index (χ3n) is 2.40. The van der Waals surface area contributed by atoms with E-state index in [0.29, 0.717) is 13.2 Å². The zero-order valence-electron chi connectivity index (χ0n) is 7.13. The van der Waals surface area contributed by atoms with Gasteiger partial charge < -0.3 is 9.64 Å². The fourth-order valence-corrected chi connectivity index (χ4v) is 1.97. The summed E-state index contributed by atoms with van der Waals surface area (Å²) in [5, 5.41) is 0. The van der Waals surface area contributed by atoms with Crippen molar-refractivity contribution in [1.82, 2.24) is 4.90 Å². The van der Waals surface area contributed by atoms with Gasteiger partial charge in [0.1, 0.15) is 11.1 Å². The van der Waals surface area contributed by atoms with Crippen LogP contribution in [0.4, 0.5) is 0 Å². The van der Waals surface area contributed by atoms with E-state index in [2.05, 4.69) is 0 Å². The van der Waals surface area contributed by atoms with E-state index in [0.717, 1.165) is 19.6 Å². The highest BCUT2D eigenvalue weighted by molar-refractivity contribution is 6.52. The van der Waals surface area contributed by atoms with Crippen LogP contribution >= 0.6 is 23.2 Å². The average Bonchev–Trinajstić information content (AvgIpc) is 2.76. The number of ether oxygens (including phenoxy) is 1. The molecule has 3 nitrogen and oxygen atoms in total. The lowest BCUT2D eigenvalue weighted by Gasteiger charge is -2.26. The molecule has 1 aliphatic heterocycles. The van der Waals surface area contributed by atoms with E-state index in [9.17, 15) is 4.79 Å². The quantitative estimate of drug-likeness (QED) is 0.630. The van der Waals surface area contributed by atoms with Crippen LogP contribution in [0.15, 0.2) is 0 Å². The van der Waals surface area contributed by atoms with Gasteiger partial charge >= 0.3 is 0 Å². The first-order chi connectivity index (χ1) is 6.11. The largest absolute Gasteiger partial charge is 0.361 e. The van der Waals surface area contributed by atoms with Gasteiger partial charge in [0.25, 0.3) is 0 Å². The zero-order chi connectivity index (χ0) is 9.47. The summed E-state index contributed by atoms with van der Waals surface area (Å²) in [6.45, 7) is 1.89. The molecule has 2 rings (SSSR count). The molecular weight excluding hydrogens is 213 g/mol. The molecule has 0 aromatic heterocycles. The summed E-state index contributed by atoms with van der Waals surface area (Å²) in [6.07, 6.45) is 1.47. The zero-order valence-corrected chi connectivity index (χ0v) is 8.64. The molecule has 2 aliphatic rings. The van der Waals surface area contributed by atoms with Gasteiger partial charge in [0.2, 0.25) is 5.91 Å². The van der Waals surface area contributed by atoms with Crippen LogP contribution in [-0.4, -0.2) is 35.0 Å². The van der Waals surface area contributed by atoms with Gasteiger partial charge in [-0.15, -0.1) is 23.2 Å². The van der Waals surface area contributed by atoms with Gasteiger partial charge in [0, 0.05) is 6.54 Å². The van der Waals surface area contributed by atoms with Gasteiger partial charge in [0.15, 0.2) is 0 Å². The fourth-order valence-electron chi connectivity index (χ4n) is 1.47. The fraction of sp³-hybridized carbons (Fsp3) is 0.875. The van der Waals surface area contributed by atoms with Gasteiger partial charge in [-0.3, -0.25) is 4.79 Å². The standard InChI is InChI=1S/C8H11Cl2NO2/c9-8(10)4-6(8)7(12)11-2-1-3-13-5-11/h6H,1-5H2. The van der Waals surface area contributed by atoms with Gasteiger partial charge in [-0.2, -0.15) is 0 Å². The number of hydrogen-bond acceptors (Lipinski definition) is 2. The lowest BCUT2D eigenvalue weighted by atomic mass is 10.3. The van der Waals surface area contributed by atoms with E-state index in [-0.39, 0.29) is 11.8 Å². The number of nitrogens with zero attached hydrogens (tertiary/aromatic N) is 1. The van der Waals surface area contributed by atoms with Crippen LogP contribution in [0, 0.1) is 5.92 Å². The Morgan fingerprint density at radius 1 is 1.54 bits per heavy atom. The number of alkyl halides is 2. The van der Waals surface area contributed by atoms with Crippen LogP contribution in [0.25, 0.3) is 0 Å². The maximum Gasteiger partial charge on any atom is 0.230 e. The van der Waals surface area contributed by atoms with Crippen LogP contribution in [0.2, 0.25) is 0 Å². The molecule has 1 amide bonds. The number of rotatable bonds is 1. The summed E-state index contributed by atoms with van der Waals surface area (Å²) in [4.78, 5) is 13.3. The minimum atomic E-state index is -0.811. The first-order valence-corrected chi connectivity index (χ1v) is 5.11. The molecule has 5 heteroatoms. The van der Waals surface area contributed by atoms with Crippen LogP contribution in [0.3, 0.4) is 0 Å². The third-order valence-corrected chi connectivity index (χ3v) is 3.23. The SMILES string of the molecule is O=C(C1CC1(Cl)Cl)N1CCCOC1. The minimum Gasteiger partial charge on any atom is -0.361 e. The van der Waals surface area contributed by atoms with Crippen molar-refractivity contribution < 1.29 is 9.53 Å². The van der Waals surface area contributed by atoms with E-state index < -0.39 is 4.33 Å². The lowest BCUT2D eigenvalue weighted by molar-refractivity contribution is -0.142. The van der Waals surface area contributed by atoms with Crippen LogP contribution < -0.4 is 0 Å². The normalized spacial score (nSPS) is 31.5. The first-order valence-electron chi connectivity index (χ1n) is 4.35. The molecule has 1 heterocycles. The van der Waals surface area contributed by atoms with Crippen molar-refractivity contribution in [2.75, 3.05) is 19.9 Å². The van der Waals surface area contributed by atoms with Gasteiger partial charge in [-0.05, 0) is 12.8 Å². The summed E-state index contributed by atoms with van der Waals surface area (Å²) in [7, 11) is 0. The second kappa shape index (κ2) is 3.30. The maximum atomic E-state index is 11.7. The molecule has 0 N–H and O–H groups in total. The molecule has 1 saturated heterocycles. The summed E-state index contributed by atoms with van der Waals surface area (Å²) in [6, 6.07) is 0. The molecule has 0 aromatic rings. The van der Waals surface area contributed by atoms with E-state index in [4.69, 9.17) is 27.9 Å². The van der Waals surface area contributed by atoms with Crippen molar-refractivity contribution in [3.8, 4) is 0 Å². The van der Waals surface area contributed by atoms with Gasteiger partial charge in [0.05, 0.1) is 12.5 Å². The Hall–Kier alpha value is 0.01000. The molecule has 1 unspecified atom stereocenters. The van der Waals surface area contributed by atoms with Crippen LogP contribution in [0.5, 0.6) is 0 Å². The Labute approximate surface area is 86.9 Å². The number of halogens is 2. The topological polar surface area (TPSA) is 29.5 Å². The summed E-state index contributed by atoms with van der Waals surface area (Å²) in [5.41, 5.74) is 0. The molecule has 1 aliphatic carbocycles. The van der Waals surface area contributed by atoms with Crippen LogP contribution in [-0.2, 0) is 9.53 Å². The molecule has 0 radical (unpaired) electrons. The molecular formula is C8H11Cl2NO2. The molecule has 2 fully saturated rings. The summed E-state index contributed by atoms with van der Waals surface area (Å²) < 4.78 is 4.36. The van der Waals surface area contributed by atoms with Crippen molar-refractivity contribution in [2.24, 2.45) is 5.92 Å². The van der Waals surface area contributed by atoms with Gasteiger partial charge in [-0.25, -0.2) is 0 Å². The molecule has 1 atom stereocenters. The van der Waals surface area contributed by atoms with Crippen LogP contribution in [0.1, 0.15) is 12.8 Å². The highest BCUT2D eigenvalue weighted by atomic mass is 35.5. The number of carbonyl (C=O) groups is 1. The van der Waals surface area contributed by atoms with E-state index in [1.54, 1.807) is 4.90 Å². The predicted octanol–water partition coefficient (Wildman–Crippen LogP) is 1.39. The number of carbonyl (C=O) groups excluding carboxylic acids is 1. The molecule has 0 aromatic carbocycles. The Kier molecular flexibility index (Phi) is 2.43. The monoisotopic (exact) mass is 223 g/mol. The lowest BCUT2D eigenvalue weighted by Crippen LogP contribution is -2.39. The molecule has 0 spiro atoms. The summed E-state index contributed by atoms with van der Waals surface area (Å²) in [5.74, 6) is -0.178. The van der Waals surface area contributed by atoms with Crippen molar-refractivity contribution in [3.63, 3.8) is 0 Å². The number of hydrogen-bond donors (Lipinski definition) is 0. The minimum absolute atomic E-state index is 0.0321. The average molecular weight is 224 g/mol. The van der Waals surface area contributed by atoms with Crippen molar-refractivity contribution in [1.29, 1.82) is 0 Å². The van der Waals surface area contributed by atoms with Crippen molar-refractivity contribution in [2.45, 2.75) is 17.2 Å². The number of amides is 1. The maximum absolute atomic E-state index is 11.7. The van der Waals surface area contributed by atoms with Crippen molar-refractivity contribution >= 4 is 29.1 Å². The molecule has 0 bridgehead atoms. The van der Waals surface area contributed by atoms with E-state index in [1.165, 1.54) is 0 Å². The first kappa shape index (κ1) is 9.56. The van der Waals surface area contributed by atoms with Crippen molar-refractivity contribution in [3.05, 3.63) is 0 Å². The smallest absolute Gasteiger partial charge is 0.230 e. The molecule has 74 valence electrons. The summed E-state index contributed by atoms with van der Waals surface area (Å²) >= 11 is 11.6. The third kappa shape index (κ3) is 1.92. The highest BCUT2D eigenvalue weighted by Gasteiger charge is 2.57. The Bertz CT molecular complexity index is 226. The molecule has 1 saturated carbocycles. The Balaban J connectivity index is 1.90. The second-order valence-electron chi connectivity index (χ2n) is 3.51. The highest BCUT2D eigenvalue weighted by Crippen LogP contribution is 2.53. The Morgan fingerprint density at radius 2 is 2.23 bits per heavy atom.